The fourth-order valence-electron chi connectivity index (χ4n) is 5.07. The molecule has 1 atom stereocenters. The summed E-state index contributed by atoms with van der Waals surface area (Å²) in [7, 11) is 0. The third-order valence-electron chi connectivity index (χ3n) is 7.46. The summed E-state index contributed by atoms with van der Waals surface area (Å²) in [6, 6.07) is 18.2. The minimum atomic E-state index is -0.851. The van der Waals surface area contributed by atoms with E-state index < -0.39 is 5.41 Å². The zero-order valence-electron chi connectivity index (χ0n) is 21.3. The highest BCUT2D eigenvalue weighted by Gasteiger charge is 2.42. The summed E-state index contributed by atoms with van der Waals surface area (Å²) in [5.74, 6) is 1.43. The average Bonchev–Trinajstić information content (AvgIpc) is 3.63. The number of alkyl halides is 1. The lowest BCUT2D eigenvalue weighted by atomic mass is 9.70. The standard InChI is InChI=1S/C30H32ClN3O2/c1-19-10-11-23(16-24(19)17-31)26(30(3,4)29(35)36-18-21-8-6-5-7-9-21)25-14-15-34-27(20(25)2)32-33-28(34)22-12-13-22/h5-11,14-16,22,26H,12-13,17-18H2,1-4H3/t26-/m0/s1. The van der Waals surface area contributed by atoms with Gasteiger partial charge in [0.15, 0.2) is 5.65 Å². The van der Waals surface area contributed by atoms with Crippen LogP contribution in [0.4, 0.5) is 0 Å². The van der Waals surface area contributed by atoms with Crippen LogP contribution < -0.4 is 0 Å². The van der Waals surface area contributed by atoms with Gasteiger partial charge in [-0.05, 0) is 80.0 Å². The van der Waals surface area contributed by atoms with Crippen molar-refractivity contribution in [3.8, 4) is 0 Å². The monoisotopic (exact) mass is 501 g/mol. The van der Waals surface area contributed by atoms with E-state index in [4.69, 9.17) is 16.3 Å². The zero-order valence-corrected chi connectivity index (χ0v) is 22.0. The van der Waals surface area contributed by atoms with Gasteiger partial charge in [0.25, 0.3) is 0 Å². The normalized spacial score (nSPS) is 14.7. The third kappa shape index (κ3) is 4.53. The highest BCUT2D eigenvalue weighted by molar-refractivity contribution is 6.17. The van der Waals surface area contributed by atoms with E-state index in [9.17, 15) is 4.79 Å². The SMILES string of the molecule is Cc1ccc([C@@H](c2ccn3c(C4CC4)nnc3c2C)C(C)(C)C(=O)OCc2ccccc2)cc1CCl. The Morgan fingerprint density at radius 3 is 2.56 bits per heavy atom. The number of carbonyl (C=O) groups excluding carboxylic acids is 1. The van der Waals surface area contributed by atoms with Crippen LogP contribution in [0.3, 0.4) is 0 Å². The van der Waals surface area contributed by atoms with E-state index in [1.54, 1.807) is 0 Å². The molecule has 1 fully saturated rings. The number of halogens is 1. The molecule has 0 amide bonds. The highest BCUT2D eigenvalue weighted by atomic mass is 35.5. The number of pyridine rings is 1. The Hall–Kier alpha value is -3.18. The van der Waals surface area contributed by atoms with Crippen LogP contribution in [0.5, 0.6) is 0 Å². The maximum absolute atomic E-state index is 13.6. The number of ether oxygens (including phenoxy) is 1. The maximum atomic E-state index is 13.6. The van der Waals surface area contributed by atoms with Crippen molar-refractivity contribution in [1.82, 2.24) is 14.6 Å². The number of fused-ring (bicyclic) bond motifs is 1. The summed E-state index contributed by atoms with van der Waals surface area (Å²) >= 11 is 6.28. The van der Waals surface area contributed by atoms with Crippen LogP contribution in [0.2, 0.25) is 0 Å². The molecule has 0 aliphatic heterocycles. The number of nitrogens with zero attached hydrogens (tertiary/aromatic N) is 3. The zero-order chi connectivity index (χ0) is 25.4. The Morgan fingerprint density at radius 1 is 1.11 bits per heavy atom. The highest BCUT2D eigenvalue weighted by Crippen LogP contribution is 2.45. The third-order valence-corrected chi connectivity index (χ3v) is 7.75. The Morgan fingerprint density at radius 2 is 1.86 bits per heavy atom. The van der Waals surface area contributed by atoms with Crippen LogP contribution in [-0.4, -0.2) is 20.6 Å². The van der Waals surface area contributed by atoms with E-state index in [0.717, 1.165) is 57.7 Å². The lowest BCUT2D eigenvalue weighted by molar-refractivity contribution is -0.156. The molecule has 0 bridgehead atoms. The Balaban J connectivity index is 1.58. The molecule has 5 nitrogen and oxygen atoms in total. The first-order valence-corrected chi connectivity index (χ1v) is 13.1. The second-order valence-corrected chi connectivity index (χ2v) is 10.7. The van der Waals surface area contributed by atoms with E-state index in [1.807, 2.05) is 44.2 Å². The van der Waals surface area contributed by atoms with Gasteiger partial charge >= 0.3 is 5.97 Å². The van der Waals surface area contributed by atoms with Crippen LogP contribution >= 0.6 is 11.6 Å². The van der Waals surface area contributed by atoms with Gasteiger partial charge < -0.3 is 4.74 Å². The average molecular weight is 502 g/mol. The molecular weight excluding hydrogens is 470 g/mol. The number of esters is 1. The van der Waals surface area contributed by atoms with E-state index in [-0.39, 0.29) is 18.5 Å². The fourth-order valence-corrected chi connectivity index (χ4v) is 5.36. The number of aryl methyl sites for hydroxylation is 2. The minimum Gasteiger partial charge on any atom is -0.460 e. The second-order valence-electron chi connectivity index (χ2n) is 10.5. The van der Waals surface area contributed by atoms with Gasteiger partial charge in [-0.25, -0.2) is 0 Å². The molecule has 1 aliphatic carbocycles. The first-order valence-electron chi connectivity index (χ1n) is 12.5. The van der Waals surface area contributed by atoms with Crippen LogP contribution in [0.25, 0.3) is 5.65 Å². The maximum Gasteiger partial charge on any atom is 0.312 e. The van der Waals surface area contributed by atoms with Crippen molar-refractivity contribution in [2.24, 2.45) is 5.41 Å². The molecule has 5 rings (SSSR count). The number of aromatic nitrogens is 3. The van der Waals surface area contributed by atoms with Crippen molar-refractivity contribution in [3.63, 3.8) is 0 Å². The number of hydrogen-bond acceptors (Lipinski definition) is 4. The predicted molar refractivity (Wildman–Crippen MR) is 142 cm³/mol. The summed E-state index contributed by atoms with van der Waals surface area (Å²) < 4.78 is 7.97. The van der Waals surface area contributed by atoms with Crippen LogP contribution in [-0.2, 0) is 22.0 Å². The van der Waals surface area contributed by atoms with Crippen molar-refractivity contribution < 1.29 is 9.53 Å². The molecule has 0 N–H and O–H groups in total. The number of hydrogen-bond donors (Lipinski definition) is 0. The molecule has 0 saturated heterocycles. The molecule has 4 aromatic rings. The van der Waals surface area contributed by atoms with E-state index >= 15 is 0 Å². The number of carbonyl (C=O) groups is 1. The Bertz CT molecular complexity index is 1410. The van der Waals surface area contributed by atoms with Crippen molar-refractivity contribution in [2.45, 2.75) is 64.9 Å². The van der Waals surface area contributed by atoms with Gasteiger partial charge in [0, 0.05) is 23.9 Å². The van der Waals surface area contributed by atoms with Crippen LogP contribution in [0.15, 0.2) is 60.8 Å². The first-order chi connectivity index (χ1) is 17.3. The summed E-state index contributed by atoms with van der Waals surface area (Å²) in [5, 5.41) is 9.04. The summed E-state index contributed by atoms with van der Waals surface area (Å²) in [6.07, 6.45) is 4.38. The van der Waals surface area contributed by atoms with E-state index in [2.05, 4.69) is 58.9 Å². The van der Waals surface area contributed by atoms with E-state index in [0.29, 0.717) is 11.8 Å². The second kappa shape index (κ2) is 9.70. The van der Waals surface area contributed by atoms with Crippen LogP contribution in [0, 0.1) is 19.3 Å². The lowest BCUT2D eigenvalue weighted by Crippen LogP contribution is -2.34. The van der Waals surface area contributed by atoms with Gasteiger partial charge in [0.1, 0.15) is 12.4 Å². The Labute approximate surface area is 217 Å². The van der Waals surface area contributed by atoms with Crippen molar-refractivity contribution in [1.29, 1.82) is 0 Å². The predicted octanol–water partition coefficient (Wildman–Crippen LogP) is 6.86. The molecule has 2 aromatic heterocycles. The number of rotatable bonds is 8. The van der Waals surface area contributed by atoms with Crippen molar-refractivity contribution in [3.05, 3.63) is 100.0 Å². The van der Waals surface area contributed by atoms with Gasteiger partial charge in [-0.2, -0.15) is 0 Å². The molecule has 2 heterocycles. The van der Waals surface area contributed by atoms with Crippen molar-refractivity contribution in [2.75, 3.05) is 0 Å². The van der Waals surface area contributed by atoms with Crippen LogP contribution in [0.1, 0.15) is 77.7 Å². The van der Waals surface area contributed by atoms with Crippen molar-refractivity contribution >= 4 is 23.2 Å². The molecule has 36 heavy (non-hydrogen) atoms. The van der Waals surface area contributed by atoms with E-state index in [1.165, 1.54) is 0 Å². The molecule has 6 heteroatoms. The summed E-state index contributed by atoms with van der Waals surface area (Å²) in [6.45, 7) is 8.31. The Kier molecular flexibility index (Phi) is 6.60. The lowest BCUT2D eigenvalue weighted by Gasteiger charge is -2.34. The van der Waals surface area contributed by atoms with Gasteiger partial charge in [-0.3, -0.25) is 9.20 Å². The molecule has 0 unspecified atom stereocenters. The van der Waals surface area contributed by atoms with Gasteiger partial charge in [0.2, 0.25) is 0 Å². The quantitative estimate of drug-likeness (QED) is 0.195. The van der Waals surface area contributed by atoms with Gasteiger partial charge in [0.05, 0.1) is 5.41 Å². The molecule has 186 valence electrons. The van der Waals surface area contributed by atoms with Gasteiger partial charge in [-0.1, -0.05) is 48.5 Å². The molecule has 1 saturated carbocycles. The number of benzene rings is 2. The topological polar surface area (TPSA) is 56.5 Å². The minimum absolute atomic E-state index is 0.240. The molecular formula is C30H32ClN3O2. The summed E-state index contributed by atoms with van der Waals surface area (Å²) in [4.78, 5) is 13.6. The fraction of sp³-hybridized carbons (Fsp3) is 0.367. The molecule has 1 aliphatic rings. The molecule has 0 radical (unpaired) electrons. The smallest absolute Gasteiger partial charge is 0.312 e. The largest absolute Gasteiger partial charge is 0.460 e. The first kappa shape index (κ1) is 24.5. The molecule has 0 spiro atoms. The van der Waals surface area contributed by atoms with Gasteiger partial charge in [-0.15, -0.1) is 21.8 Å². The summed E-state index contributed by atoms with van der Waals surface area (Å²) in [5.41, 5.74) is 6.26. The molecule has 2 aromatic carbocycles.